The maximum Gasteiger partial charge on any atom is 0.199 e. The first-order valence-electron chi connectivity index (χ1n) is 4.95. The minimum atomic E-state index is -0.420. The molecule has 0 saturated heterocycles. The van der Waals surface area contributed by atoms with Gasteiger partial charge in [0.25, 0.3) is 0 Å². The lowest BCUT2D eigenvalue weighted by Gasteiger charge is -2.16. The van der Waals surface area contributed by atoms with Crippen LogP contribution in [0, 0.1) is 0 Å². The highest BCUT2D eigenvalue weighted by Gasteiger charge is 2.17. The van der Waals surface area contributed by atoms with Crippen LogP contribution >= 0.6 is 0 Å². The van der Waals surface area contributed by atoms with E-state index in [2.05, 4.69) is 20.6 Å². The van der Waals surface area contributed by atoms with E-state index in [4.69, 9.17) is 0 Å². The molecule has 2 heterocycles. The van der Waals surface area contributed by atoms with Gasteiger partial charge in [0.15, 0.2) is 5.65 Å². The molecule has 15 heavy (non-hydrogen) atoms. The zero-order valence-electron chi connectivity index (χ0n) is 8.70. The highest BCUT2D eigenvalue weighted by Crippen LogP contribution is 2.20. The van der Waals surface area contributed by atoms with Crippen molar-refractivity contribution in [1.29, 1.82) is 0 Å². The Kier molecular flexibility index (Phi) is 2.59. The van der Waals surface area contributed by atoms with Gasteiger partial charge in [-0.05, 0) is 35.9 Å². The fourth-order valence-corrected chi connectivity index (χ4v) is 1.66. The smallest absolute Gasteiger partial charge is 0.199 e. The number of aromatic nitrogens is 5. The second-order valence-electron chi connectivity index (χ2n) is 3.54. The molecule has 6 heteroatoms. The molecule has 0 saturated carbocycles. The Hall–Kier alpha value is -1.56. The van der Waals surface area contributed by atoms with Crippen molar-refractivity contribution in [3.8, 4) is 0 Å². The van der Waals surface area contributed by atoms with Crippen molar-refractivity contribution in [3.63, 3.8) is 0 Å². The zero-order chi connectivity index (χ0) is 10.8. The quantitative estimate of drug-likeness (QED) is 0.788. The Bertz CT molecular complexity index is 452. The second-order valence-corrected chi connectivity index (χ2v) is 3.54. The molecule has 0 radical (unpaired) electrons. The summed E-state index contributed by atoms with van der Waals surface area (Å²) in [4.78, 5) is 0. The molecule has 0 aromatic carbocycles. The average molecular weight is 207 g/mol. The lowest BCUT2D eigenvalue weighted by Crippen LogP contribution is -2.16. The van der Waals surface area contributed by atoms with Crippen molar-refractivity contribution in [2.24, 2.45) is 0 Å². The summed E-state index contributed by atoms with van der Waals surface area (Å²) in [7, 11) is 0. The van der Waals surface area contributed by atoms with E-state index in [0.29, 0.717) is 5.65 Å². The van der Waals surface area contributed by atoms with Gasteiger partial charge in [0.1, 0.15) is 0 Å². The summed E-state index contributed by atoms with van der Waals surface area (Å²) in [5.41, 5.74) is 1.42. The Morgan fingerprint density at radius 1 is 1.47 bits per heavy atom. The molecule has 80 valence electrons. The van der Waals surface area contributed by atoms with Crippen LogP contribution in [-0.4, -0.2) is 36.5 Å². The van der Waals surface area contributed by atoms with Crippen molar-refractivity contribution in [3.05, 3.63) is 17.8 Å². The van der Waals surface area contributed by atoms with Crippen LogP contribution in [-0.2, 0) is 0 Å². The molecular formula is C9H13N5O. The van der Waals surface area contributed by atoms with Crippen LogP contribution < -0.4 is 0 Å². The van der Waals surface area contributed by atoms with Crippen LogP contribution in [0.1, 0.15) is 31.9 Å². The maximum atomic E-state index is 9.59. The van der Waals surface area contributed by atoms with Gasteiger partial charge in [0.05, 0.1) is 11.8 Å². The summed E-state index contributed by atoms with van der Waals surface area (Å²) >= 11 is 0. The van der Waals surface area contributed by atoms with E-state index < -0.39 is 6.10 Å². The molecule has 2 unspecified atom stereocenters. The number of hydrogen-bond acceptors (Lipinski definition) is 5. The first-order valence-corrected chi connectivity index (χ1v) is 4.95. The van der Waals surface area contributed by atoms with Crippen LogP contribution in [0.15, 0.2) is 12.1 Å². The molecule has 2 rings (SSSR count). The van der Waals surface area contributed by atoms with Crippen LogP contribution in [0.4, 0.5) is 0 Å². The van der Waals surface area contributed by atoms with E-state index in [0.717, 1.165) is 12.1 Å². The number of nitrogens with zero attached hydrogens (tertiary/aromatic N) is 5. The normalized spacial score (nSPS) is 15.4. The molecule has 0 amide bonds. The zero-order valence-corrected chi connectivity index (χ0v) is 8.70. The molecular weight excluding hydrogens is 194 g/mol. The van der Waals surface area contributed by atoms with E-state index in [9.17, 15) is 5.11 Å². The molecule has 0 bridgehead atoms. The van der Waals surface area contributed by atoms with Gasteiger partial charge in [0.2, 0.25) is 0 Å². The lowest BCUT2D eigenvalue weighted by atomic mass is 9.97. The molecule has 1 N–H and O–H groups in total. The Balaban J connectivity index is 2.41. The van der Waals surface area contributed by atoms with Gasteiger partial charge < -0.3 is 5.11 Å². The number of rotatable bonds is 3. The van der Waals surface area contributed by atoms with Crippen molar-refractivity contribution in [2.45, 2.75) is 32.3 Å². The average Bonchev–Trinajstić information content (AvgIpc) is 2.65. The second kappa shape index (κ2) is 3.90. The molecule has 0 aliphatic carbocycles. The van der Waals surface area contributed by atoms with E-state index in [1.807, 2.05) is 13.0 Å². The van der Waals surface area contributed by atoms with Crippen molar-refractivity contribution in [2.75, 3.05) is 0 Å². The summed E-state index contributed by atoms with van der Waals surface area (Å²) in [6.45, 7) is 3.78. The largest absolute Gasteiger partial charge is 0.393 e. The molecule has 6 nitrogen and oxygen atoms in total. The van der Waals surface area contributed by atoms with Gasteiger partial charge in [-0.3, -0.25) is 0 Å². The standard InChI is InChI=1S/C9H13N5O/c1-3-7(6(2)15)8-4-5-9-10-12-13-14(9)11-8/h4-7,15H,3H2,1-2H3. The first kappa shape index (κ1) is 9.97. The van der Waals surface area contributed by atoms with Crippen molar-refractivity contribution < 1.29 is 5.11 Å². The lowest BCUT2D eigenvalue weighted by molar-refractivity contribution is 0.157. The Morgan fingerprint density at radius 2 is 2.27 bits per heavy atom. The third kappa shape index (κ3) is 1.80. The third-order valence-corrected chi connectivity index (χ3v) is 2.49. The van der Waals surface area contributed by atoms with Gasteiger partial charge in [-0.15, -0.1) is 9.73 Å². The van der Waals surface area contributed by atoms with Gasteiger partial charge in [-0.25, -0.2) is 0 Å². The van der Waals surface area contributed by atoms with Crippen LogP contribution in [0.5, 0.6) is 0 Å². The first-order chi connectivity index (χ1) is 7.22. The van der Waals surface area contributed by atoms with Crippen LogP contribution in [0.2, 0.25) is 0 Å². The minimum absolute atomic E-state index is 0.0265. The van der Waals surface area contributed by atoms with E-state index >= 15 is 0 Å². The maximum absolute atomic E-state index is 9.59. The molecule has 0 fully saturated rings. The van der Waals surface area contributed by atoms with Gasteiger partial charge in [-0.2, -0.15) is 5.10 Å². The predicted molar refractivity (Wildman–Crippen MR) is 53.3 cm³/mol. The molecule has 2 aromatic heterocycles. The number of fused-ring (bicyclic) bond motifs is 1. The van der Waals surface area contributed by atoms with Gasteiger partial charge in [0, 0.05) is 5.92 Å². The highest BCUT2D eigenvalue weighted by molar-refractivity contribution is 5.33. The van der Waals surface area contributed by atoms with E-state index in [-0.39, 0.29) is 5.92 Å². The van der Waals surface area contributed by atoms with E-state index in [1.165, 1.54) is 4.63 Å². The third-order valence-electron chi connectivity index (χ3n) is 2.49. The predicted octanol–water partition coefficient (Wildman–Crippen LogP) is 0.394. The summed E-state index contributed by atoms with van der Waals surface area (Å²) in [6, 6.07) is 3.65. The Labute approximate surface area is 86.9 Å². The fourth-order valence-electron chi connectivity index (χ4n) is 1.66. The summed E-state index contributed by atoms with van der Waals surface area (Å²) in [5, 5.41) is 24.8. The van der Waals surface area contributed by atoms with Crippen molar-refractivity contribution >= 4 is 5.65 Å². The monoisotopic (exact) mass is 207 g/mol. The molecule has 0 spiro atoms. The minimum Gasteiger partial charge on any atom is -0.393 e. The fraction of sp³-hybridized carbons (Fsp3) is 0.556. The highest BCUT2D eigenvalue weighted by atomic mass is 16.3. The SMILES string of the molecule is CCC(c1ccc2nnnn2n1)C(C)O. The summed E-state index contributed by atoms with van der Waals surface area (Å²) < 4.78 is 1.38. The van der Waals surface area contributed by atoms with Gasteiger partial charge >= 0.3 is 0 Å². The molecule has 0 aliphatic rings. The topological polar surface area (TPSA) is 76.2 Å². The molecule has 0 aliphatic heterocycles. The van der Waals surface area contributed by atoms with Gasteiger partial charge in [-0.1, -0.05) is 6.92 Å². The number of tetrazole rings is 1. The van der Waals surface area contributed by atoms with Crippen molar-refractivity contribution in [1.82, 2.24) is 25.3 Å². The summed E-state index contributed by atoms with van der Waals surface area (Å²) in [6.07, 6.45) is 0.412. The Morgan fingerprint density at radius 3 is 2.93 bits per heavy atom. The van der Waals surface area contributed by atoms with Crippen LogP contribution in [0.25, 0.3) is 5.65 Å². The number of aliphatic hydroxyl groups is 1. The number of hydrogen-bond donors (Lipinski definition) is 1. The molecule has 2 atom stereocenters. The summed E-state index contributed by atoms with van der Waals surface area (Å²) in [5.74, 6) is 0.0265. The number of aliphatic hydroxyl groups excluding tert-OH is 1. The van der Waals surface area contributed by atoms with Crippen LogP contribution in [0.3, 0.4) is 0 Å². The molecule has 2 aromatic rings. The van der Waals surface area contributed by atoms with E-state index in [1.54, 1.807) is 13.0 Å².